The van der Waals surface area contributed by atoms with Crippen LogP contribution in [-0.4, -0.2) is 30.6 Å². The number of hydrogen-bond acceptors (Lipinski definition) is 2. The molecule has 3 nitrogen and oxygen atoms in total. The second kappa shape index (κ2) is 5.75. The Morgan fingerprint density at radius 2 is 2.40 bits per heavy atom. The molecule has 2 amide bonds. The minimum Gasteiger partial charge on any atom is -0.335 e. The number of hydrogen-bond donors (Lipinski definition) is 1. The Morgan fingerprint density at radius 3 is 2.93 bits per heavy atom. The zero-order valence-electron chi connectivity index (χ0n) is 9.49. The summed E-state index contributed by atoms with van der Waals surface area (Å²) in [6.07, 6.45) is 0.896. The lowest BCUT2D eigenvalue weighted by atomic mass is 10.1. The van der Waals surface area contributed by atoms with E-state index < -0.39 is 0 Å². The molecule has 0 radical (unpaired) electrons. The fraction of sp³-hybridized carbons (Fsp3) is 0.545. The highest BCUT2D eigenvalue weighted by molar-refractivity contribution is 7.07. The quantitative estimate of drug-likeness (QED) is 0.839. The first kappa shape index (κ1) is 12.0. The van der Waals surface area contributed by atoms with E-state index in [9.17, 15) is 4.79 Å². The fourth-order valence-corrected chi connectivity index (χ4v) is 1.96. The molecule has 1 rings (SSSR count). The van der Waals surface area contributed by atoms with Crippen LogP contribution in [-0.2, 0) is 6.42 Å². The largest absolute Gasteiger partial charge is 0.335 e. The van der Waals surface area contributed by atoms with Crippen LogP contribution >= 0.6 is 11.3 Å². The Kier molecular flexibility index (Phi) is 4.62. The summed E-state index contributed by atoms with van der Waals surface area (Å²) in [5.74, 6) is 0. The molecule has 15 heavy (non-hydrogen) atoms. The molecule has 1 heterocycles. The van der Waals surface area contributed by atoms with E-state index in [4.69, 9.17) is 0 Å². The van der Waals surface area contributed by atoms with E-state index in [0.29, 0.717) is 0 Å². The molecule has 0 bridgehead atoms. The minimum absolute atomic E-state index is 0.000213. The average Bonchev–Trinajstić information content (AvgIpc) is 2.68. The Morgan fingerprint density at radius 1 is 1.67 bits per heavy atom. The SMILES string of the molecule is CCN(C)C(=O)NC(C)Cc1ccsc1. The summed E-state index contributed by atoms with van der Waals surface area (Å²) in [4.78, 5) is 13.2. The lowest BCUT2D eigenvalue weighted by Gasteiger charge is -2.19. The van der Waals surface area contributed by atoms with Crippen LogP contribution in [0.5, 0.6) is 0 Å². The Bertz CT molecular complexity index is 298. The highest BCUT2D eigenvalue weighted by Crippen LogP contribution is 2.08. The Hall–Kier alpha value is -1.03. The van der Waals surface area contributed by atoms with Crippen molar-refractivity contribution in [2.75, 3.05) is 13.6 Å². The fourth-order valence-electron chi connectivity index (χ4n) is 1.28. The van der Waals surface area contributed by atoms with Gasteiger partial charge in [-0.15, -0.1) is 0 Å². The van der Waals surface area contributed by atoms with Gasteiger partial charge >= 0.3 is 6.03 Å². The van der Waals surface area contributed by atoms with Gasteiger partial charge < -0.3 is 10.2 Å². The summed E-state index contributed by atoms with van der Waals surface area (Å²) in [5.41, 5.74) is 1.28. The summed E-state index contributed by atoms with van der Waals surface area (Å²) in [7, 11) is 1.80. The molecule has 84 valence electrons. The molecule has 1 aromatic heterocycles. The maximum absolute atomic E-state index is 11.5. The van der Waals surface area contributed by atoms with Gasteiger partial charge in [0.15, 0.2) is 0 Å². The maximum Gasteiger partial charge on any atom is 0.317 e. The average molecular weight is 226 g/mol. The normalized spacial score (nSPS) is 12.2. The van der Waals surface area contributed by atoms with E-state index in [1.165, 1.54) is 5.56 Å². The third-order valence-electron chi connectivity index (χ3n) is 2.31. The number of amides is 2. The number of nitrogens with zero attached hydrogens (tertiary/aromatic N) is 1. The zero-order chi connectivity index (χ0) is 11.3. The predicted molar refractivity (Wildman–Crippen MR) is 64.3 cm³/mol. The molecule has 0 aromatic carbocycles. The maximum atomic E-state index is 11.5. The summed E-state index contributed by atoms with van der Waals surface area (Å²) >= 11 is 1.69. The molecule has 1 atom stereocenters. The topological polar surface area (TPSA) is 32.3 Å². The van der Waals surface area contributed by atoms with Gasteiger partial charge in [0.25, 0.3) is 0 Å². The molecular weight excluding hydrogens is 208 g/mol. The van der Waals surface area contributed by atoms with Crippen molar-refractivity contribution in [2.45, 2.75) is 26.3 Å². The van der Waals surface area contributed by atoms with Gasteiger partial charge in [0.05, 0.1) is 0 Å². The molecule has 0 aliphatic heterocycles. The van der Waals surface area contributed by atoms with E-state index in [-0.39, 0.29) is 12.1 Å². The van der Waals surface area contributed by atoms with E-state index >= 15 is 0 Å². The number of rotatable bonds is 4. The van der Waals surface area contributed by atoms with Gasteiger partial charge in [-0.05, 0) is 42.7 Å². The van der Waals surface area contributed by atoms with Gasteiger partial charge in [-0.25, -0.2) is 4.79 Å². The smallest absolute Gasteiger partial charge is 0.317 e. The lowest BCUT2D eigenvalue weighted by molar-refractivity contribution is 0.207. The molecule has 1 unspecified atom stereocenters. The first-order valence-electron chi connectivity index (χ1n) is 5.16. The van der Waals surface area contributed by atoms with Crippen molar-refractivity contribution in [3.05, 3.63) is 22.4 Å². The molecule has 0 spiro atoms. The molecule has 1 aromatic rings. The van der Waals surface area contributed by atoms with Crippen molar-refractivity contribution in [2.24, 2.45) is 0 Å². The summed E-state index contributed by atoms with van der Waals surface area (Å²) in [5, 5.41) is 7.14. The van der Waals surface area contributed by atoms with Gasteiger partial charge in [0, 0.05) is 19.6 Å². The van der Waals surface area contributed by atoms with Crippen LogP contribution in [0.1, 0.15) is 19.4 Å². The molecule has 0 aliphatic carbocycles. The second-order valence-corrected chi connectivity index (χ2v) is 4.48. The van der Waals surface area contributed by atoms with Gasteiger partial charge in [-0.1, -0.05) is 0 Å². The van der Waals surface area contributed by atoms with E-state index in [1.54, 1.807) is 23.3 Å². The van der Waals surface area contributed by atoms with Crippen LogP contribution in [0.15, 0.2) is 16.8 Å². The summed E-state index contributed by atoms with van der Waals surface area (Å²) in [6.45, 7) is 4.72. The molecule has 1 N–H and O–H groups in total. The van der Waals surface area contributed by atoms with E-state index in [1.807, 2.05) is 13.8 Å². The highest BCUT2D eigenvalue weighted by Gasteiger charge is 2.10. The first-order valence-corrected chi connectivity index (χ1v) is 6.10. The zero-order valence-corrected chi connectivity index (χ0v) is 10.3. The van der Waals surface area contributed by atoms with Crippen LogP contribution in [0.4, 0.5) is 4.79 Å². The summed E-state index contributed by atoms with van der Waals surface area (Å²) < 4.78 is 0. The van der Waals surface area contributed by atoms with Crippen molar-refractivity contribution in [3.8, 4) is 0 Å². The standard InChI is InChI=1S/C11H18N2OS/c1-4-13(3)11(14)12-9(2)7-10-5-6-15-8-10/h5-6,8-9H,4,7H2,1-3H3,(H,12,14). The molecule has 0 saturated heterocycles. The van der Waals surface area contributed by atoms with Crippen LogP contribution in [0.3, 0.4) is 0 Å². The van der Waals surface area contributed by atoms with Crippen molar-refractivity contribution in [1.82, 2.24) is 10.2 Å². The van der Waals surface area contributed by atoms with Crippen molar-refractivity contribution < 1.29 is 4.79 Å². The lowest BCUT2D eigenvalue weighted by Crippen LogP contribution is -2.42. The highest BCUT2D eigenvalue weighted by atomic mass is 32.1. The van der Waals surface area contributed by atoms with E-state index in [2.05, 4.69) is 22.1 Å². The Balaban J connectivity index is 2.36. The van der Waals surface area contributed by atoms with Crippen LogP contribution in [0.2, 0.25) is 0 Å². The summed E-state index contributed by atoms with van der Waals surface area (Å²) in [6, 6.07) is 2.28. The molecule has 0 saturated carbocycles. The number of carbonyl (C=O) groups excluding carboxylic acids is 1. The van der Waals surface area contributed by atoms with Crippen molar-refractivity contribution in [1.29, 1.82) is 0 Å². The predicted octanol–water partition coefficient (Wildman–Crippen LogP) is 2.34. The van der Waals surface area contributed by atoms with Crippen LogP contribution in [0.25, 0.3) is 0 Å². The van der Waals surface area contributed by atoms with Crippen LogP contribution < -0.4 is 5.32 Å². The molecule has 0 fully saturated rings. The van der Waals surface area contributed by atoms with E-state index in [0.717, 1.165) is 13.0 Å². The number of nitrogens with one attached hydrogen (secondary N) is 1. The number of thiophene rings is 1. The third-order valence-corrected chi connectivity index (χ3v) is 3.04. The molecule has 0 aliphatic rings. The number of carbonyl (C=O) groups is 1. The molecular formula is C11H18N2OS. The minimum atomic E-state index is 0.000213. The van der Waals surface area contributed by atoms with Gasteiger partial charge in [-0.2, -0.15) is 11.3 Å². The third kappa shape index (κ3) is 3.91. The Labute approximate surface area is 95.1 Å². The monoisotopic (exact) mass is 226 g/mol. The van der Waals surface area contributed by atoms with Crippen molar-refractivity contribution >= 4 is 17.4 Å². The van der Waals surface area contributed by atoms with Gasteiger partial charge in [0.1, 0.15) is 0 Å². The first-order chi connectivity index (χ1) is 7.13. The van der Waals surface area contributed by atoms with Crippen molar-refractivity contribution in [3.63, 3.8) is 0 Å². The van der Waals surface area contributed by atoms with Gasteiger partial charge in [-0.3, -0.25) is 0 Å². The van der Waals surface area contributed by atoms with Gasteiger partial charge in [0.2, 0.25) is 0 Å². The molecule has 4 heteroatoms. The number of urea groups is 1. The van der Waals surface area contributed by atoms with Crippen LogP contribution in [0, 0.1) is 0 Å². The second-order valence-electron chi connectivity index (χ2n) is 3.70.